The van der Waals surface area contributed by atoms with Crippen LogP contribution in [0, 0.1) is 10.1 Å². The van der Waals surface area contributed by atoms with Gasteiger partial charge in [-0.15, -0.1) is 0 Å². The number of nitro benzene ring substituents is 1. The van der Waals surface area contributed by atoms with Crippen LogP contribution < -0.4 is 4.90 Å². The number of aromatic nitrogens is 1. The molecule has 0 saturated carbocycles. The highest BCUT2D eigenvalue weighted by molar-refractivity contribution is 5.95. The third-order valence-corrected chi connectivity index (χ3v) is 4.60. The number of pyridine rings is 1. The van der Waals surface area contributed by atoms with Gasteiger partial charge in [-0.05, 0) is 30.7 Å². The number of halogens is 3. The highest BCUT2D eigenvalue weighted by Gasteiger charge is 2.31. The van der Waals surface area contributed by atoms with E-state index in [-0.39, 0.29) is 5.56 Å². The van der Waals surface area contributed by atoms with E-state index in [0.717, 1.165) is 24.4 Å². The normalized spacial score (nSPS) is 15.1. The number of alkyl halides is 3. The number of rotatable bonds is 3. The maximum Gasteiger partial charge on any atom is 0.417 e. The molecule has 11 heteroatoms. The van der Waals surface area contributed by atoms with E-state index < -0.39 is 34.0 Å². The van der Waals surface area contributed by atoms with E-state index in [0.29, 0.717) is 38.4 Å². The molecule has 1 aliphatic rings. The predicted octanol–water partition coefficient (Wildman–Crippen LogP) is 3.07. The fourth-order valence-corrected chi connectivity index (χ4v) is 3.08. The second-order valence-corrected chi connectivity index (χ2v) is 6.50. The van der Waals surface area contributed by atoms with Gasteiger partial charge in [0.05, 0.1) is 10.5 Å². The van der Waals surface area contributed by atoms with Crippen molar-refractivity contribution in [2.75, 3.05) is 31.1 Å². The number of anilines is 1. The van der Waals surface area contributed by atoms with Crippen LogP contribution in [0.4, 0.5) is 24.7 Å². The largest absolute Gasteiger partial charge is 0.502 e. The van der Waals surface area contributed by atoms with Crippen LogP contribution in [0.15, 0.2) is 36.5 Å². The van der Waals surface area contributed by atoms with Crippen molar-refractivity contribution in [2.24, 2.45) is 0 Å². The maximum absolute atomic E-state index is 12.7. The first kappa shape index (κ1) is 20.4. The topological polar surface area (TPSA) is 99.8 Å². The van der Waals surface area contributed by atoms with Gasteiger partial charge >= 0.3 is 11.9 Å². The molecule has 154 valence electrons. The summed E-state index contributed by atoms with van der Waals surface area (Å²) in [6.07, 6.45) is -3.11. The summed E-state index contributed by atoms with van der Waals surface area (Å²) in [7, 11) is 0. The summed E-state index contributed by atoms with van der Waals surface area (Å²) in [5.41, 5.74) is -1.20. The van der Waals surface area contributed by atoms with Crippen molar-refractivity contribution in [3.63, 3.8) is 0 Å². The number of nitro groups is 1. The molecule has 2 heterocycles. The first-order valence-electron chi connectivity index (χ1n) is 8.71. The number of hydrogen-bond donors (Lipinski definition) is 1. The Bertz CT molecular complexity index is 918. The molecule has 3 rings (SSSR count). The Morgan fingerprint density at radius 1 is 1.14 bits per heavy atom. The van der Waals surface area contributed by atoms with Gasteiger partial charge < -0.3 is 14.9 Å². The number of carbonyl (C=O) groups is 1. The minimum absolute atomic E-state index is 0.120. The van der Waals surface area contributed by atoms with Crippen molar-refractivity contribution in [1.82, 2.24) is 9.88 Å². The average Bonchev–Trinajstić information content (AvgIpc) is 2.92. The molecule has 0 unspecified atom stereocenters. The number of amides is 1. The van der Waals surface area contributed by atoms with E-state index in [1.54, 1.807) is 4.90 Å². The number of carbonyl (C=O) groups excluding carboxylic acids is 1. The van der Waals surface area contributed by atoms with Gasteiger partial charge in [-0.2, -0.15) is 13.2 Å². The van der Waals surface area contributed by atoms with Crippen LogP contribution in [0.3, 0.4) is 0 Å². The number of phenolic OH excluding ortho intramolecular Hbond substituents is 1. The second-order valence-electron chi connectivity index (χ2n) is 6.50. The molecule has 2 aromatic rings. The number of nitrogens with zero attached hydrogens (tertiary/aromatic N) is 4. The van der Waals surface area contributed by atoms with E-state index in [2.05, 4.69) is 4.98 Å². The van der Waals surface area contributed by atoms with Crippen LogP contribution in [0.2, 0.25) is 0 Å². The van der Waals surface area contributed by atoms with Gasteiger partial charge in [0, 0.05) is 44.0 Å². The minimum Gasteiger partial charge on any atom is -0.502 e. The zero-order chi connectivity index (χ0) is 21.2. The van der Waals surface area contributed by atoms with Crippen molar-refractivity contribution in [1.29, 1.82) is 0 Å². The quantitative estimate of drug-likeness (QED) is 0.617. The molecule has 0 radical (unpaired) electrons. The van der Waals surface area contributed by atoms with E-state index in [4.69, 9.17) is 0 Å². The summed E-state index contributed by atoms with van der Waals surface area (Å²) in [5, 5.41) is 20.5. The molecule has 1 aliphatic heterocycles. The Hall–Kier alpha value is -3.37. The fraction of sp³-hybridized carbons (Fsp3) is 0.333. The third kappa shape index (κ3) is 4.55. The molecule has 1 fully saturated rings. The zero-order valence-corrected chi connectivity index (χ0v) is 15.1. The molecule has 8 nitrogen and oxygen atoms in total. The van der Waals surface area contributed by atoms with Gasteiger partial charge in [0.1, 0.15) is 5.82 Å². The lowest BCUT2D eigenvalue weighted by molar-refractivity contribution is -0.385. The highest BCUT2D eigenvalue weighted by Crippen LogP contribution is 2.30. The highest BCUT2D eigenvalue weighted by atomic mass is 19.4. The SMILES string of the molecule is O=C(c1ccc([N+](=O)[O-])c(O)c1)N1CCCN(c2ccc(C(F)(F)F)cn2)CC1. The Morgan fingerprint density at radius 3 is 2.48 bits per heavy atom. The summed E-state index contributed by atoms with van der Waals surface area (Å²) in [5.74, 6) is -0.594. The summed E-state index contributed by atoms with van der Waals surface area (Å²) in [4.78, 5) is 29.9. The monoisotopic (exact) mass is 410 g/mol. The van der Waals surface area contributed by atoms with Crippen molar-refractivity contribution in [3.05, 3.63) is 57.8 Å². The number of phenols is 1. The number of aromatic hydroxyl groups is 1. The summed E-state index contributed by atoms with van der Waals surface area (Å²) < 4.78 is 38.0. The average molecular weight is 410 g/mol. The third-order valence-electron chi connectivity index (χ3n) is 4.60. The molecule has 0 bridgehead atoms. The summed E-state index contributed by atoms with van der Waals surface area (Å²) >= 11 is 0. The molecule has 0 aliphatic carbocycles. The smallest absolute Gasteiger partial charge is 0.417 e. The Labute approximate surface area is 163 Å². The molecule has 1 N–H and O–H groups in total. The first-order valence-corrected chi connectivity index (χ1v) is 8.71. The van der Waals surface area contributed by atoms with E-state index in [1.165, 1.54) is 17.0 Å². The second kappa shape index (κ2) is 7.94. The van der Waals surface area contributed by atoms with Crippen molar-refractivity contribution < 1.29 is 28.0 Å². The van der Waals surface area contributed by atoms with Crippen molar-refractivity contribution in [2.45, 2.75) is 12.6 Å². The Balaban J connectivity index is 1.69. The Morgan fingerprint density at radius 2 is 1.90 bits per heavy atom. The van der Waals surface area contributed by atoms with E-state index in [1.807, 2.05) is 0 Å². The van der Waals surface area contributed by atoms with Crippen molar-refractivity contribution in [3.8, 4) is 5.75 Å². The van der Waals surface area contributed by atoms with Gasteiger partial charge in [-0.1, -0.05) is 0 Å². The van der Waals surface area contributed by atoms with Crippen molar-refractivity contribution >= 4 is 17.4 Å². The minimum atomic E-state index is -4.45. The van der Waals surface area contributed by atoms with Crippen LogP contribution in [-0.4, -0.2) is 52.0 Å². The lowest BCUT2D eigenvalue weighted by atomic mass is 10.1. The van der Waals surface area contributed by atoms with Crippen LogP contribution in [0.25, 0.3) is 0 Å². The lowest BCUT2D eigenvalue weighted by Crippen LogP contribution is -2.35. The molecule has 1 amide bonds. The standard InChI is InChI=1S/C18H17F3N4O4/c19-18(20,21)13-3-5-16(22-11-13)23-6-1-7-24(9-8-23)17(27)12-2-4-14(25(28)29)15(26)10-12/h2-5,10-11,26H,1,6-9H2. The van der Waals surface area contributed by atoms with Gasteiger partial charge in [0.25, 0.3) is 5.91 Å². The molecule has 1 saturated heterocycles. The van der Waals surface area contributed by atoms with E-state index >= 15 is 0 Å². The first-order chi connectivity index (χ1) is 13.7. The van der Waals surface area contributed by atoms with Crippen LogP contribution in [0.5, 0.6) is 5.75 Å². The molecular weight excluding hydrogens is 393 g/mol. The number of hydrogen-bond acceptors (Lipinski definition) is 6. The van der Waals surface area contributed by atoms with Crippen LogP contribution >= 0.6 is 0 Å². The molecule has 1 aromatic carbocycles. The van der Waals surface area contributed by atoms with Crippen LogP contribution in [-0.2, 0) is 6.18 Å². The molecule has 29 heavy (non-hydrogen) atoms. The van der Waals surface area contributed by atoms with E-state index in [9.17, 15) is 33.2 Å². The summed E-state index contributed by atoms with van der Waals surface area (Å²) in [6, 6.07) is 5.67. The predicted molar refractivity (Wildman–Crippen MR) is 96.7 cm³/mol. The van der Waals surface area contributed by atoms with Gasteiger partial charge in [-0.3, -0.25) is 14.9 Å². The maximum atomic E-state index is 12.7. The Kier molecular flexibility index (Phi) is 5.57. The molecule has 0 spiro atoms. The fourth-order valence-electron chi connectivity index (χ4n) is 3.08. The van der Waals surface area contributed by atoms with Crippen LogP contribution in [0.1, 0.15) is 22.3 Å². The summed E-state index contributed by atoms with van der Waals surface area (Å²) in [6.45, 7) is 1.56. The zero-order valence-electron chi connectivity index (χ0n) is 15.1. The van der Waals surface area contributed by atoms with Gasteiger partial charge in [0.15, 0.2) is 5.75 Å². The molecule has 1 aromatic heterocycles. The molecular formula is C18H17F3N4O4. The lowest BCUT2D eigenvalue weighted by Gasteiger charge is -2.23. The molecule has 0 atom stereocenters. The number of benzene rings is 1. The van der Waals surface area contributed by atoms with Gasteiger partial charge in [-0.25, -0.2) is 4.98 Å². The van der Waals surface area contributed by atoms with Gasteiger partial charge in [0.2, 0.25) is 0 Å².